The normalized spacial score (nSPS) is 10.1. The zero-order valence-corrected chi connectivity index (χ0v) is 14.8. The highest BCUT2D eigenvalue weighted by Crippen LogP contribution is 2.20. The van der Waals surface area contributed by atoms with Crippen LogP contribution in [0.4, 0.5) is 5.69 Å². The molecule has 136 valence electrons. The van der Waals surface area contributed by atoms with E-state index >= 15 is 0 Å². The fourth-order valence-corrected chi connectivity index (χ4v) is 2.57. The molecule has 3 rings (SSSR count). The Morgan fingerprint density at radius 2 is 1.52 bits per heavy atom. The number of carbonyl (C=O) groups excluding carboxylic acids is 2. The smallest absolute Gasteiger partial charge is 0.315 e. The van der Waals surface area contributed by atoms with Crippen LogP contribution in [0, 0.1) is 0 Å². The fraction of sp³-hybridized carbons (Fsp3) is 0.0909. The van der Waals surface area contributed by atoms with Gasteiger partial charge in [0.05, 0.1) is 13.5 Å². The number of benzene rings is 3. The largest absolute Gasteiger partial charge is 0.496 e. The summed E-state index contributed by atoms with van der Waals surface area (Å²) in [6, 6.07) is 22.9. The summed E-state index contributed by atoms with van der Waals surface area (Å²) in [5.41, 5.74) is 1.95. The monoisotopic (exact) mass is 361 g/mol. The van der Waals surface area contributed by atoms with E-state index in [1.54, 1.807) is 61.7 Å². The van der Waals surface area contributed by atoms with E-state index in [2.05, 4.69) is 5.32 Å². The van der Waals surface area contributed by atoms with Gasteiger partial charge in [0.2, 0.25) is 0 Å². The summed E-state index contributed by atoms with van der Waals surface area (Å²) in [5, 5.41) is 2.80. The zero-order valence-electron chi connectivity index (χ0n) is 14.8. The summed E-state index contributed by atoms with van der Waals surface area (Å²) < 4.78 is 10.6. The zero-order chi connectivity index (χ0) is 19.1. The van der Waals surface area contributed by atoms with Crippen LogP contribution in [0.25, 0.3) is 0 Å². The van der Waals surface area contributed by atoms with Gasteiger partial charge in [0.1, 0.15) is 11.5 Å². The molecule has 3 aromatic carbocycles. The summed E-state index contributed by atoms with van der Waals surface area (Å²) in [6.45, 7) is 0. The first kappa shape index (κ1) is 18.2. The van der Waals surface area contributed by atoms with Crippen molar-refractivity contribution in [3.8, 4) is 11.5 Å². The molecule has 0 radical (unpaired) electrons. The van der Waals surface area contributed by atoms with E-state index in [0.29, 0.717) is 22.7 Å². The van der Waals surface area contributed by atoms with Crippen molar-refractivity contribution < 1.29 is 19.1 Å². The van der Waals surface area contributed by atoms with Gasteiger partial charge in [0.25, 0.3) is 5.91 Å². The molecule has 0 heterocycles. The third kappa shape index (κ3) is 4.95. The number of esters is 1. The quantitative estimate of drug-likeness (QED) is 0.530. The number of rotatable bonds is 6. The highest BCUT2D eigenvalue weighted by molar-refractivity contribution is 6.04. The van der Waals surface area contributed by atoms with Crippen molar-refractivity contribution in [2.24, 2.45) is 0 Å². The van der Waals surface area contributed by atoms with Crippen LogP contribution in [0.5, 0.6) is 11.5 Å². The van der Waals surface area contributed by atoms with E-state index in [0.717, 1.165) is 5.56 Å². The van der Waals surface area contributed by atoms with Gasteiger partial charge in [-0.1, -0.05) is 36.4 Å². The predicted molar refractivity (Wildman–Crippen MR) is 103 cm³/mol. The van der Waals surface area contributed by atoms with Crippen molar-refractivity contribution in [1.29, 1.82) is 0 Å². The van der Waals surface area contributed by atoms with E-state index in [-0.39, 0.29) is 18.3 Å². The van der Waals surface area contributed by atoms with Gasteiger partial charge in [0.15, 0.2) is 0 Å². The minimum atomic E-state index is -0.388. The molecule has 3 aromatic rings. The first-order valence-corrected chi connectivity index (χ1v) is 8.45. The SMILES string of the molecule is COc1ccccc1CC(=O)Oc1ccc(NC(=O)c2ccccc2)cc1. The third-order valence-electron chi connectivity index (χ3n) is 3.91. The number of hydrogen-bond donors (Lipinski definition) is 1. The summed E-state index contributed by atoms with van der Waals surface area (Å²) in [4.78, 5) is 24.3. The predicted octanol–water partition coefficient (Wildman–Crippen LogP) is 4.10. The molecule has 1 amide bonds. The van der Waals surface area contributed by atoms with Crippen molar-refractivity contribution in [1.82, 2.24) is 0 Å². The number of hydrogen-bond acceptors (Lipinski definition) is 4. The lowest BCUT2D eigenvalue weighted by atomic mass is 10.1. The molecule has 0 aliphatic heterocycles. The Balaban J connectivity index is 1.59. The standard InChI is InChI=1S/C22H19NO4/c1-26-20-10-6-5-9-17(20)15-21(24)27-19-13-11-18(12-14-19)23-22(25)16-7-3-2-4-8-16/h2-14H,15H2,1H3,(H,23,25). The van der Waals surface area contributed by atoms with Crippen LogP contribution < -0.4 is 14.8 Å². The topological polar surface area (TPSA) is 64.6 Å². The van der Waals surface area contributed by atoms with Crippen LogP contribution in [0.1, 0.15) is 15.9 Å². The van der Waals surface area contributed by atoms with E-state index in [1.807, 2.05) is 24.3 Å². The van der Waals surface area contributed by atoms with E-state index in [1.165, 1.54) is 0 Å². The van der Waals surface area contributed by atoms with Crippen LogP contribution in [0.3, 0.4) is 0 Å². The molecule has 5 heteroatoms. The minimum absolute atomic E-state index is 0.108. The Hall–Kier alpha value is -3.60. The van der Waals surface area contributed by atoms with Crippen LogP contribution in [-0.2, 0) is 11.2 Å². The second-order valence-corrected chi connectivity index (χ2v) is 5.81. The summed E-state index contributed by atoms with van der Waals surface area (Å²) in [6.07, 6.45) is 0.108. The Labute approximate surface area is 157 Å². The van der Waals surface area contributed by atoms with Crippen molar-refractivity contribution in [3.63, 3.8) is 0 Å². The summed E-state index contributed by atoms with van der Waals surface area (Å²) in [5.74, 6) is 0.470. The average molecular weight is 361 g/mol. The third-order valence-corrected chi connectivity index (χ3v) is 3.91. The molecule has 0 fully saturated rings. The number of para-hydroxylation sites is 1. The lowest BCUT2D eigenvalue weighted by Crippen LogP contribution is -2.13. The van der Waals surface area contributed by atoms with Gasteiger partial charge in [-0.2, -0.15) is 0 Å². The lowest BCUT2D eigenvalue weighted by molar-refractivity contribution is -0.133. The van der Waals surface area contributed by atoms with E-state index in [4.69, 9.17) is 9.47 Å². The van der Waals surface area contributed by atoms with Gasteiger partial charge in [-0.15, -0.1) is 0 Å². The average Bonchev–Trinajstić information content (AvgIpc) is 2.70. The van der Waals surface area contributed by atoms with Crippen molar-refractivity contribution in [2.45, 2.75) is 6.42 Å². The molecule has 0 bridgehead atoms. The maximum absolute atomic E-state index is 12.2. The Morgan fingerprint density at radius 3 is 2.22 bits per heavy atom. The Bertz CT molecular complexity index is 921. The van der Waals surface area contributed by atoms with Gasteiger partial charge < -0.3 is 14.8 Å². The highest BCUT2D eigenvalue weighted by Gasteiger charge is 2.11. The van der Waals surface area contributed by atoms with E-state index < -0.39 is 0 Å². The molecule has 0 saturated heterocycles. The maximum atomic E-state index is 12.2. The summed E-state index contributed by atoms with van der Waals surface area (Å²) >= 11 is 0. The van der Waals surface area contributed by atoms with E-state index in [9.17, 15) is 9.59 Å². The van der Waals surface area contributed by atoms with Gasteiger partial charge in [-0.05, 0) is 42.5 Å². The first-order valence-electron chi connectivity index (χ1n) is 8.45. The number of nitrogens with one attached hydrogen (secondary N) is 1. The van der Waals surface area contributed by atoms with Crippen LogP contribution in [0.2, 0.25) is 0 Å². The molecule has 27 heavy (non-hydrogen) atoms. The molecular weight excluding hydrogens is 342 g/mol. The second kappa shape index (κ2) is 8.67. The Kier molecular flexibility index (Phi) is 5.84. The number of ether oxygens (including phenoxy) is 2. The highest BCUT2D eigenvalue weighted by atomic mass is 16.5. The van der Waals surface area contributed by atoms with Gasteiger partial charge in [-0.3, -0.25) is 9.59 Å². The number of amides is 1. The molecular formula is C22H19NO4. The van der Waals surface area contributed by atoms with Crippen molar-refractivity contribution in [2.75, 3.05) is 12.4 Å². The summed E-state index contributed by atoms with van der Waals surface area (Å²) in [7, 11) is 1.56. The van der Waals surface area contributed by atoms with Gasteiger partial charge in [0, 0.05) is 16.8 Å². The number of carbonyl (C=O) groups is 2. The molecule has 0 saturated carbocycles. The first-order chi connectivity index (χ1) is 13.2. The molecule has 5 nitrogen and oxygen atoms in total. The molecule has 0 spiro atoms. The second-order valence-electron chi connectivity index (χ2n) is 5.81. The van der Waals surface area contributed by atoms with Crippen LogP contribution in [-0.4, -0.2) is 19.0 Å². The maximum Gasteiger partial charge on any atom is 0.315 e. The van der Waals surface area contributed by atoms with Crippen LogP contribution >= 0.6 is 0 Å². The molecule has 0 atom stereocenters. The minimum Gasteiger partial charge on any atom is -0.496 e. The fourth-order valence-electron chi connectivity index (χ4n) is 2.57. The molecule has 0 aliphatic carbocycles. The molecule has 0 aliphatic rings. The van der Waals surface area contributed by atoms with Crippen molar-refractivity contribution >= 4 is 17.6 Å². The van der Waals surface area contributed by atoms with Gasteiger partial charge in [-0.25, -0.2) is 0 Å². The molecule has 0 unspecified atom stereocenters. The number of anilines is 1. The molecule has 1 N–H and O–H groups in total. The number of methoxy groups -OCH3 is 1. The van der Waals surface area contributed by atoms with Crippen LogP contribution in [0.15, 0.2) is 78.9 Å². The van der Waals surface area contributed by atoms with Gasteiger partial charge >= 0.3 is 5.97 Å². The molecule has 0 aromatic heterocycles. The lowest BCUT2D eigenvalue weighted by Gasteiger charge is -2.09. The Morgan fingerprint density at radius 1 is 0.852 bits per heavy atom. The van der Waals surface area contributed by atoms with Crippen molar-refractivity contribution in [3.05, 3.63) is 90.0 Å².